The fourth-order valence-electron chi connectivity index (χ4n) is 2.32. The van der Waals surface area contributed by atoms with E-state index in [2.05, 4.69) is 0 Å². The lowest BCUT2D eigenvalue weighted by atomic mass is 9.78. The summed E-state index contributed by atoms with van der Waals surface area (Å²) < 4.78 is 42.1. The second-order valence-corrected chi connectivity index (χ2v) is 4.47. The average Bonchev–Trinajstić information content (AvgIpc) is 2.80. The van der Waals surface area contributed by atoms with E-state index in [1.807, 2.05) is 0 Å². The number of furan rings is 1. The van der Waals surface area contributed by atoms with E-state index in [0.717, 1.165) is 0 Å². The molecule has 0 N–H and O–H groups in total. The highest BCUT2D eigenvalue weighted by molar-refractivity contribution is 5.97. The van der Waals surface area contributed by atoms with Crippen LogP contribution in [-0.2, 0) is 0 Å². The summed E-state index contributed by atoms with van der Waals surface area (Å²) in [6.07, 6.45) is -0.645. The highest BCUT2D eigenvalue weighted by Gasteiger charge is 2.42. The maximum absolute atomic E-state index is 12.4. The molecule has 0 radical (unpaired) electrons. The summed E-state index contributed by atoms with van der Waals surface area (Å²) in [6, 6.07) is 1.55. The van der Waals surface area contributed by atoms with Crippen molar-refractivity contribution < 1.29 is 22.4 Å². The molecular weight excluding hydrogens is 233 g/mol. The Labute approximate surface area is 96.8 Å². The van der Waals surface area contributed by atoms with Gasteiger partial charge < -0.3 is 4.42 Å². The van der Waals surface area contributed by atoms with Crippen LogP contribution in [0.25, 0.3) is 0 Å². The Bertz CT molecular complexity index is 373. The molecule has 94 valence electrons. The molecule has 0 spiro atoms. The Morgan fingerprint density at radius 3 is 2.35 bits per heavy atom. The first kappa shape index (κ1) is 12.2. The Kier molecular flexibility index (Phi) is 3.26. The van der Waals surface area contributed by atoms with Crippen molar-refractivity contribution in [3.63, 3.8) is 0 Å². The van der Waals surface area contributed by atoms with Crippen LogP contribution in [0.1, 0.15) is 36.0 Å². The number of hydrogen-bond donors (Lipinski definition) is 0. The number of hydrogen-bond acceptors (Lipinski definition) is 2. The number of carbonyl (C=O) groups excluding carboxylic acids is 1. The number of carbonyl (C=O) groups is 1. The van der Waals surface area contributed by atoms with E-state index in [1.165, 1.54) is 12.5 Å². The van der Waals surface area contributed by atoms with Crippen molar-refractivity contribution in [1.82, 2.24) is 0 Å². The molecule has 1 fully saturated rings. The fraction of sp³-hybridized carbons (Fsp3) is 0.583. The summed E-state index contributed by atoms with van der Waals surface area (Å²) in [5, 5.41) is 0. The van der Waals surface area contributed by atoms with Gasteiger partial charge >= 0.3 is 6.18 Å². The highest BCUT2D eigenvalue weighted by Crippen LogP contribution is 2.40. The van der Waals surface area contributed by atoms with E-state index >= 15 is 0 Å². The van der Waals surface area contributed by atoms with Gasteiger partial charge in [-0.05, 0) is 31.7 Å². The first-order valence-electron chi connectivity index (χ1n) is 5.61. The molecule has 1 saturated carbocycles. The molecule has 2 nitrogen and oxygen atoms in total. The van der Waals surface area contributed by atoms with Crippen molar-refractivity contribution >= 4 is 5.78 Å². The molecular formula is C12H13F3O2. The third-order valence-electron chi connectivity index (χ3n) is 3.37. The Morgan fingerprint density at radius 2 is 1.88 bits per heavy atom. The van der Waals surface area contributed by atoms with E-state index in [0.29, 0.717) is 18.4 Å². The average molecular weight is 246 g/mol. The van der Waals surface area contributed by atoms with Crippen LogP contribution >= 0.6 is 0 Å². The number of halogens is 3. The molecule has 0 saturated heterocycles. The van der Waals surface area contributed by atoms with Gasteiger partial charge in [0.05, 0.1) is 17.7 Å². The van der Waals surface area contributed by atoms with Crippen LogP contribution < -0.4 is 0 Å². The predicted molar refractivity (Wildman–Crippen MR) is 54.5 cm³/mol. The maximum Gasteiger partial charge on any atom is 0.391 e. The van der Waals surface area contributed by atoms with Crippen LogP contribution in [0.5, 0.6) is 0 Å². The second kappa shape index (κ2) is 4.55. The Balaban J connectivity index is 1.94. The summed E-state index contributed by atoms with van der Waals surface area (Å²) in [5.74, 6) is -1.62. The van der Waals surface area contributed by atoms with E-state index < -0.39 is 12.1 Å². The van der Waals surface area contributed by atoms with E-state index in [4.69, 9.17) is 4.42 Å². The molecule has 5 heteroatoms. The summed E-state index contributed by atoms with van der Waals surface area (Å²) in [4.78, 5) is 11.9. The van der Waals surface area contributed by atoms with Crippen molar-refractivity contribution in [3.05, 3.63) is 24.2 Å². The van der Waals surface area contributed by atoms with E-state index in [1.54, 1.807) is 6.07 Å². The maximum atomic E-state index is 12.4. The van der Waals surface area contributed by atoms with E-state index in [-0.39, 0.29) is 24.5 Å². The normalized spacial score (nSPS) is 25.8. The summed E-state index contributed by atoms with van der Waals surface area (Å²) in [7, 11) is 0. The number of rotatable bonds is 2. The van der Waals surface area contributed by atoms with Crippen LogP contribution in [0.2, 0.25) is 0 Å². The van der Waals surface area contributed by atoms with Crippen molar-refractivity contribution in [2.45, 2.75) is 31.9 Å². The quantitative estimate of drug-likeness (QED) is 0.742. The minimum Gasteiger partial charge on any atom is -0.472 e. The molecule has 0 aliphatic heterocycles. The number of alkyl halides is 3. The Hall–Kier alpha value is -1.26. The van der Waals surface area contributed by atoms with Crippen LogP contribution in [0.3, 0.4) is 0 Å². The van der Waals surface area contributed by atoms with Gasteiger partial charge in [-0.25, -0.2) is 0 Å². The minimum atomic E-state index is -4.12. The van der Waals surface area contributed by atoms with Gasteiger partial charge in [0.15, 0.2) is 5.78 Å². The molecule has 1 aromatic rings. The van der Waals surface area contributed by atoms with Crippen LogP contribution in [0.15, 0.2) is 23.0 Å². The van der Waals surface area contributed by atoms with Crippen molar-refractivity contribution in [1.29, 1.82) is 0 Å². The lowest BCUT2D eigenvalue weighted by Gasteiger charge is -2.28. The van der Waals surface area contributed by atoms with Gasteiger partial charge in [0, 0.05) is 5.92 Å². The molecule has 1 aromatic heterocycles. The second-order valence-electron chi connectivity index (χ2n) is 4.47. The fourth-order valence-corrected chi connectivity index (χ4v) is 2.32. The lowest BCUT2D eigenvalue weighted by molar-refractivity contribution is -0.183. The molecule has 1 heterocycles. The molecule has 0 amide bonds. The zero-order valence-corrected chi connectivity index (χ0v) is 9.17. The van der Waals surface area contributed by atoms with Gasteiger partial charge in [0.25, 0.3) is 0 Å². The molecule has 1 aliphatic carbocycles. The largest absolute Gasteiger partial charge is 0.472 e. The van der Waals surface area contributed by atoms with Crippen LogP contribution in [-0.4, -0.2) is 12.0 Å². The monoisotopic (exact) mass is 246 g/mol. The third-order valence-corrected chi connectivity index (χ3v) is 3.37. The Morgan fingerprint density at radius 1 is 1.24 bits per heavy atom. The topological polar surface area (TPSA) is 30.2 Å². The lowest BCUT2D eigenvalue weighted by Crippen LogP contribution is -2.30. The van der Waals surface area contributed by atoms with Gasteiger partial charge in [-0.3, -0.25) is 4.79 Å². The van der Waals surface area contributed by atoms with Gasteiger partial charge in [-0.15, -0.1) is 0 Å². The van der Waals surface area contributed by atoms with Crippen molar-refractivity contribution in [3.8, 4) is 0 Å². The SMILES string of the molecule is O=C(c1ccoc1)C1CCC(C(F)(F)F)CC1. The molecule has 0 bridgehead atoms. The van der Waals surface area contributed by atoms with Gasteiger partial charge in [-0.1, -0.05) is 0 Å². The van der Waals surface area contributed by atoms with Crippen molar-refractivity contribution in [2.75, 3.05) is 0 Å². The molecule has 17 heavy (non-hydrogen) atoms. The van der Waals surface area contributed by atoms with Gasteiger partial charge in [0.2, 0.25) is 0 Å². The number of ketones is 1. The highest BCUT2D eigenvalue weighted by atomic mass is 19.4. The molecule has 0 aromatic carbocycles. The van der Waals surface area contributed by atoms with E-state index in [9.17, 15) is 18.0 Å². The molecule has 1 aliphatic rings. The summed E-state index contributed by atoms with van der Waals surface area (Å²) >= 11 is 0. The molecule has 0 unspecified atom stereocenters. The van der Waals surface area contributed by atoms with Crippen LogP contribution in [0.4, 0.5) is 13.2 Å². The summed E-state index contributed by atoms with van der Waals surface area (Å²) in [6.45, 7) is 0. The first-order valence-corrected chi connectivity index (χ1v) is 5.61. The van der Waals surface area contributed by atoms with Crippen LogP contribution in [0, 0.1) is 11.8 Å². The zero-order chi connectivity index (χ0) is 12.5. The molecule has 2 rings (SSSR count). The zero-order valence-electron chi connectivity index (χ0n) is 9.17. The minimum absolute atomic E-state index is 0.0533. The first-order chi connectivity index (χ1) is 7.98. The molecule has 0 atom stereocenters. The predicted octanol–water partition coefficient (Wildman–Crippen LogP) is 3.83. The van der Waals surface area contributed by atoms with Crippen molar-refractivity contribution in [2.24, 2.45) is 11.8 Å². The van der Waals surface area contributed by atoms with Gasteiger partial charge in [-0.2, -0.15) is 13.2 Å². The number of Topliss-reactive ketones (excluding diaryl/α,β-unsaturated/α-hetero) is 1. The van der Waals surface area contributed by atoms with Gasteiger partial charge in [0.1, 0.15) is 6.26 Å². The summed E-state index contributed by atoms with van der Waals surface area (Å²) in [5.41, 5.74) is 0.459. The third kappa shape index (κ3) is 2.70. The smallest absolute Gasteiger partial charge is 0.391 e. The standard InChI is InChI=1S/C12H13F3O2/c13-12(14,15)10-3-1-8(2-4-10)11(16)9-5-6-17-7-9/h5-8,10H,1-4H2.